The van der Waals surface area contributed by atoms with E-state index >= 15 is 0 Å². The first-order chi connectivity index (χ1) is 9.24. The Labute approximate surface area is 120 Å². The van der Waals surface area contributed by atoms with Gasteiger partial charge in [0.05, 0.1) is 7.11 Å². The van der Waals surface area contributed by atoms with Crippen molar-refractivity contribution in [3.8, 4) is 11.5 Å². The Balaban J connectivity index is 2.16. The van der Waals surface area contributed by atoms with Crippen LogP contribution in [0.2, 0.25) is 0 Å². The van der Waals surface area contributed by atoms with E-state index in [1.54, 1.807) is 19.2 Å². The molecular weight excluding hydrogens is 311 g/mol. The van der Waals surface area contributed by atoms with E-state index in [0.717, 1.165) is 11.1 Å². The van der Waals surface area contributed by atoms with Crippen LogP contribution in [0.1, 0.15) is 11.1 Å². The van der Waals surface area contributed by atoms with Crippen LogP contribution in [0.25, 0.3) is 0 Å². The SMILES string of the molecule is COc1cccc(CBr)c1OCc1ccc(F)cc1. The number of rotatable bonds is 5. The van der Waals surface area contributed by atoms with Gasteiger partial charge in [0.25, 0.3) is 0 Å². The van der Waals surface area contributed by atoms with Crippen molar-refractivity contribution in [2.24, 2.45) is 0 Å². The molecule has 100 valence electrons. The highest BCUT2D eigenvalue weighted by Crippen LogP contribution is 2.33. The summed E-state index contributed by atoms with van der Waals surface area (Å²) in [6.07, 6.45) is 0. The molecule has 0 aliphatic heterocycles. The van der Waals surface area contributed by atoms with E-state index in [0.29, 0.717) is 23.4 Å². The van der Waals surface area contributed by atoms with Crippen molar-refractivity contribution >= 4 is 15.9 Å². The second-order valence-electron chi connectivity index (χ2n) is 4.00. The zero-order valence-electron chi connectivity index (χ0n) is 10.5. The molecule has 0 heterocycles. The highest BCUT2D eigenvalue weighted by molar-refractivity contribution is 9.08. The first-order valence-electron chi connectivity index (χ1n) is 5.83. The predicted octanol–water partition coefficient (Wildman–Crippen LogP) is 4.31. The predicted molar refractivity (Wildman–Crippen MR) is 76.4 cm³/mol. The minimum Gasteiger partial charge on any atom is -0.493 e. The van der Waals surface area contributed by atoms with E-state index in [2.05, 4.69) is 15.9 Å². The van der Waals surface area contributed by atoms with Crippen LogP contribution in [0.15, 0.2) is 42.5 Å². The number of hydrogen-bond acceptors (Lipinski definition) is 2. The molecule has 0 fully saturated rings. The Morgan fingerprint density at radius 1 is 1.11 bits per heavy atom. The molecule has 0 aliphatic carbocycles. The molecule has 2 rings (SSSR count). The largest absolute Gasteiger partial charge is 0.493 e. The third kappa shape index (κ3) is 3.47. The fourth-order valence-electron chi connectivity index (χ4n) is 1.73. The minimum absolute atomic E-state index is 0.248. The van der Waals surface area contributed by atoms with Gasteiger partial charge in [0.2, 0.25) is 0 Å². The third-order valence-electron chi connectivity index (χ3n) is 2.72. The summed E-state index contributed by atoms with van der Waals surface area (Å²) >= 11 is 3.42. The fraction of sp³-hybridized carbons (Fsp3) is 0.200. The van der Waals surface area contributed by atoms with Crippen LogP contribution in [0.5, 0.6) is 11.5 Å². The fourth-order valence-corrected chi connectivity index (χ4v) is 2.17. The molecule has 0 N–H and O–H groups in total. The van der Waals surface area contributed by atoms with Crippen LogP contribution in [0.3, 0.4) is 0 Å². The molecule has 2 aromatic carbocycles. The van der Waals surface area contributed by atoms with Crippen LogP contribution in [0, 0.1) is 5.82 Å². The van der Waals surface area contributed by atoms with Gasteiger partial charge in [-0.3, -0.25) is 0 Å². The highest BCUT2D eigenvalue weighted by Gasteiger charge is 2.09. The first-order valence-corrected chi connectivity index (χ1v) is 6.96. The van der Waals surface area contributed by atoms with Gasteiger partial charge in [-0.15, -0.1) is 0 Å². The van der Waals surface area contributed by atoms with Crippen LogP contribution < -0.4 is 9.47 Å². The lowest BCUT2D eigenvalue weighted by atomic mass is 10.2. The molecule has 2 nitrogen and oxygen atoms in total. The average molecular weight is 325 g/mol. The molecular formula is C15H14BrFO2. The van der Waals surface area contributed by atoms with Crippen molar-refractivity contribution in [3.05, 3.63) is 59.4 Å². The number of para-hydroxylation sites is 1. The Bertz CT molecular complexity index is 518. The van der Waals surface area contributed by atoms with E-state index in [1.165, 1.54) is 12.1 Å². The molecule has 4 heteroatoms. The van der Waals surface area contributed by atoms with Gasteiger partial charge in [0.15, 0.2) is 11.5 Å². The Morgan fingerprint density at radius 3 is 2.47 bits per heavy atom. The molecule has 0 bridgehead atoms. The summed E-state index contributed by atoms with van der Waals surface area (Å²) in [5, 5.41) is 0.683. The van der Waals surface area contributed by atoms with Gasteiger partial charge in [-0.25, -0.2) is 4.39 Å². The van der Waals surface area contributed by atoms with E-state index in [9.17, 15) is 4.39 Å². The van der Waals surface area contributed by atoms with Crippen molar-refractivity contribution in [1.29, 1.82) is 0 Å². The minimum atomic E-state index is -0.248. The molecule has 0 saturated carbocycles. The molecule has 0 spiro atoms. The summed E-state index contributed by atoms with van der Waals surface area (Å²) in [6, 6.07) is 12.0. The molecule has 0 aliphatic rings. The maximum Gasteiger partial charge on any atom is 0.165 e. The molecule has 0 amide bonds. The molecule has 2 aromatic rings. The number of ether oxygens (including phenoxy) is 2. The lowest BCUT2D eigenvalue weighted by Crippen LogP contribution is -2.00. The zero-order valence-corrected chi connectivity index (χ0v) is 12.1. The van der Waals surface area contributed by atoms with Gasteiger partial charge in [-0.2, -0.15) is 0 Å². The van der Waals surface area contributed by atoms with Crippen molar-refractivity contribution < 1.29 is 13.9 Å². The Morgan fingerprint density at radius 2 is 1.84 bits per heavy atom. The molecule has 0 atom stereocenters. The second kappa shape index (κ2) is 6.57. The van der Waals surface area contributed by atoms with E-state index in [4.69, 9.17) is 9.47 Å². The highest BCUT2D eigenvalue weighted by atomic mass is 79.9. The first kappa shape index (κ1) is 13.9. The van der Waals surface area contributed by atoms with Crippen molar-refractivity contribution in [1.82, 2.24) is 0 Å². The monoisotopic (exact) mass is 324 g/mol. The molecule has 0 unspecified atom stereocenters. The standard InChI is InChI=1S/C15H14BrFO2/c1-18-14-4-2-3-12(9-16)15(14)19-10-11-5-7-13(17)8-6-11/h2-8H,9-10H2,1H3. The summed E-state index contributed by atoms with van der Waals surface area (Å²) in [6.45, 7) is 0.376. The normalized spacial score (nSPS) is 10.3. The van der Waals surface area contributed by atoms with Crippen LogP contribution in [-0.4, -0.2) is 7.11 Å². The van der Waals surface area contributed by atoms with Gasteiger partial charge in [0, 0.05) is 10.9 Å². The number of hydrogen-bond donors (Lipinski definition) is 0. The van der Waals surface area contributed by atoms with Crippen LogP contribution in [0.4, 0.5) is 4.39 Å². The van der Waals surface area contributed by atoms with Gasteiger partial charge in [-0.1, -0.05) is 40.2 Å². The van der Waals surface area contributed by atoms with Gasteiger partial charge in [-0.05, 0) is 23.8 Å². The summed E-state index contributed by atoms with van der Waals surface area (Å²) < 4.78 is 23.9. The summed E-state index contributed by atoms with van der Waals surface area (Å²) in [4.78, 5) is 0. The number of benzene rings is 2. The average Bonchev–Trinajstić information content (AvgIpc) is 2.46. The maximum absolute atomic E-state index is 12.8. The molecule has 19 heavy (non-hydrogen) atoms. The van der Waals surface area contributed by atoms with Gasteiger partial charge >= 0.3 is 0 Å². The van der Waals surface area contributed by atoms with Crippen molar-refractivity contribution in [2.75, 3.05) is 7.11 Å². The Kier molecular flexibility index (Phi) is 4.80. The molecule has 0 radical (unpaired) electrons. The van der Waals surface area contributed by atoms with Crippen LogP contribution >= 0.6 is 15.9 Å². The summed E-state index contributed by atoms with van der Waals surface area (Å²) in [5.41, 5.74) is 1.93. The maximum atomic E-state index is 12.8. The van der Waals surface area contributed by atoms with Gasteiger partial charge in [0.1, 0.15) is 12.4 Å². The van der Waals surface area contributed by atoms with Crippen molar-refractivity contribution in [3.63, 3.8) is 0 Å². The second-order valence-corrected chi connectivity index (χ2v) is 4.56. The van der Waals surface area contributed by atoms with Crippen molar-refractivity contribution in [2.45, 2.75) is 11.9 Å². The lowest BCUT2D eigenvalue weighted by molar-refractivity contribution is 0.282. The lowest BCUT2D eigenvalue weighted by Gasteiger charge is -2.14. The third-order valence-corrected chi connectivity index (χ3v) is 3.32. The quantitative estimate of drug-likeness (QED) is 0.763. The van der Waals surface area contributed by atoms with E-state index in [1.807, 2.05) is 18.2 Å². The molecule has 0 aromatic heterocycles. The summed E-state index contributed by atoms with van der Waals surface area (Å²) in [5.74, 6) is 1.16. The van der Waals surface area contributed by atoms with E-state index < -0.39 is 0 Å². The Hall–Kier alpha value is -1.55. The van der Waals surface area contributed by atoms with Gasteiger partial charge < -0.3 is 9.47 Å². The zero-order chi connectivity index (χ0) is 13.7. The molecule has 0 saturated heterocycles. The van der Waals surface area contributed by atoms with Crippen LogP contribution in [-0.2, 0) is 11.9 Å². The summed E-state index contributed by atoms with van der Waals surface area (Å²) in [7, 11) is 1.61. The number of alkyl halides is 1. The number of methoxy groups -OCH3 is 1. The van der Waals surface area contributed by atoms with E-state index in [-0.39, 0.29) is 5.82 Å². The number of halogens is 2. The topological polar surface area (TPSA) is 18.5 Å². The smallest absolute Gasteiger partial charge is 0.165 e.